The molecule has 0 aromatic heterocycles. The van der Waals surface area contributed by atoms with Crippen molar-refractivity contribution in [2.75, 3.05) is 7.11 Å². The van der Waals surface area contributed by atoms with Gasteiger partial charge in [0.25, 0.3) is 0 Å². The molecule has 0 spiro atoms. The number of carbonyl (C=O) groups excluding carboxylic acids is 1. The number of esters is 1. The molecule has 3 heteroatoms. The first-order valence-corrected chi connectivity index (χ1v) is 3.33. The molecule has 0 radical (unpaired) electrons. The molecule has 0 amide bonds. The molecule has 0 saturated heterocycles. The van der Waals surface area contributed by atoms with Gasteiger partial charge >= 0.3 is 5.97 Å². The number of ether oxygens (including phenoxy) is 1. The van der Waals surface area contributed by atoms with E-state index >= 15 is 0 Å². The Hall–Kier alpha value is -1.25. The van der Waals surface area contributed by atoms with Crippen molar-refractivity contribution in [2.24, 2.45) is 0 Å². The van der Waals surface area contributed by atoms with Crippen LogP contribution in [0.4, 0.5) is 0 Å². The fraction of sp³-hybridized carbons (Fsp3) is 0.375. The van der Waals surface area contributed by atoms with Gasteiger partial charge in [0, 0.05) is 18.3 Å². The molecule has 0 heterocycles. The largest absolute Gasteiger partial charge is 0.466 e. The quantitative estimate of drug-likeness (QED) is 0.371. The van der Waals surface area contributed by atoms with Crippen LogP contribution in [0.3, 0.4) is 0 Å². The van der Waals surface area contributed by atoms with Gasteiger partial charge in [-0.15, -0.1) is 6.58 Å². The molecule has 0 aromatic carbocycles. The summed E-state index contributed by atoms with van der Waals surface area (Å²) in [5, 5.41) is 2.90. The van der Waals surface area contributed by atoms with E-state index in [1.807, 2.05) is 6.92 Å². The van der Waals surface area contributed by atoms with Crippen molar-refractivity contribution < 1.29 is 9.53 Å². The van der Waals surface area contributed by atoms with E-state index in [9.17, 15) is 4.79 Å². The average molecular weight is 155 g/mol. The fourth-order valence-electron chi connectivity index (χ4n) is 0.404. The topological polar surface area (TPSA) is 38.3 Å². The van der Waals surface area contributed by atoms with Gasteiger partial charge in [-0.25, -0.2) is 4.79 Å². The van der Waals surface area contributed by atoms with E-state index < -0.39 is 0 Å². The Balaban J connectivity index is 3.59. The van der Waals surface area contributed by atoms with Crippen LogP contribution in [0.1, 0.15) is 6.92 Å². The molecule has 1 unspecified atom stereocenters. The molecule has 0 rings (SSSR count). The molecule has 11 heavy (non-hydrogen) atoms. The van der Waals surface area contributed by atoms with Crippen LogP contribution < -0.4 is 5.32 Å². The van der Waals surface area contributed by atoms with Crippen molar-refractivity contribution in [2.45, 2.75) is 13.0 Å². The highest BCUT2D eigenvalue weighted by molar-refractivity contribution is 5.81. The van der Waals surface area contributed by atoms with E-state index in [0.717, 1.165) is 0 Å². The third-order valence-corrected chi connectivity index (χ3v) is 1.13. The first-order valence-electron chi connectivity index (χ1n) is 3.33. The van der Waals surface area contributed by atoms with Gasteiger partial charge in [0.1, 0.15) is 0 Å². The summed E-state index contributed by atoms with van der Waals surface area (Å²) >= 11 is 0. The summed E-state index contributed by atoms with van der Waals surface area (Å²) in [7, 11) is 1.34. The Morgan fingerprint density at radius 2 is 2.36 bits per heavy atom. The zero-order valence-electron chi connectivity index (χ0n) is 6.83. The third kappa shape index (κ3) is 5.21. The van der Waals surface area contributed by atoms with Crippen LogP contribution in [0.15, 0.2) is 24.9 Å². The lowest BCUT2D eigenvalue weighted by Crippen LogP contribution is -2.17. The molecule has 1 N–H and O–H groups in total. The van der Waals surface area contributed by atoms with Crippen molar-refractivity contribution in [3.63, 3.8) is 0 Å². The summed E-state index contributed by atoms with van der Waals surface area (Å²) in [5.74, 6) is -0.367. The second-order valence-corrected chi connectivity index (χ2v) is 2.05. The van der Waals surface area contributed by atoms with Crippen molar-refractivity contribution >= 4 is 5.97 Å². The first kappa shape index (κ1) is 9.75. The normalized spacial score (nSPS) is 12.5. The van der Waals surface area contributed by atoms with Gasteiger partial charge < -0.3 is 10.1 Å². The predicted molar refractivity (Wildman–Crippen MR) is 44.0 cm³/mol. The average Bonchev–Trinajstić information content (AvgIpc) is 2.04. The van der Waals surface area contributed by atoms with Crippen LogP contribution in [-0.2, 0) is 9.53 Å². The Morgan fingerprint density at radius 1 is 1.73 bits per heavy atom. The summed E-state index contributed by atoms with van der Waals surface area (Å²) in [4.78, 5) is 10.5. The van der Waals surface area contributed by atoms with Crippen LogP contribution in [0.5, 0.6) is 0 Å². The molecule has 0 fully saturated rings. The first-order chi connectivity index (χ1) is 5.20. The number of carbonyl (C=O) groups is 1. The second kappa shape index (κ2) is 5.53. The zero-order chi connectivity index (χ0) is 8.69. The van der Waals surface area contributed by atoms with Gasteiger partial charge in [-0.1, -0.05) is 6.08 Å². The molecule has 62 valence electrons. The Morgan fingerprint density at radius 3 is 2.82 bits per heavy atom. The highest BCUT2D eigenvalue weighted by atomic mass is 16.5. The maximum absolute atomic E-state index is 10.5. The minimum absolute atomic E-state index is 0.163. The summed E-state index contributed by atoms with van der Waals surface area (Å²) in [6.45, 7) is 5.49. The van der Waals surface area contributed by atoms with Crippen molar-refractivity contribution in [3.05, 3.63) is 24.9 Å². The molecule has 0 aliphatic carbocycles. The van der Waals surface area contributed by atoms with Gasteiger partial charge in [0.05, 0.1) is 7.11 Å². The van der Waals surface area contributed by atoms with Gasteiger partial charge in [-0.3, -0.25) is 0 Å². The Labute approximate surface area is 66.7 Å². The maximum atomic E-state index is 10.5. The molecule has 0 aliphatic rings. The van der Waals surface area contributed by atoms with Crippen molar-refractivity contribution in [3.8, 4) is 0 Å². The number of hydrogen-bond acceptors (Lipinski definition) is 3. The van der Waals surface area contributed by atoms with Crippen LogP contribution >= 0.6 is 0 Å². The lowest BCUT2D eigenvalue weighted by Gasteiger charge is -2.03. The van der Waals surface area contributed by atoms with E-state index in [1.54, 1.807) is 6.08 Å². The highest BCUT2D eigenvalue weighted by Crippen LogP contribution is 1.81. The summed E-state index contributed by atoms with van der Waals surface area (Å²) in [6, 6.07) is 0.163. The summed E-state index contributed by atoms with van der Waals surface area (Å²) in [6.07, 6.45) is 4.60. The Bertz CT molecular complexity index is 163. The van der Waals surface area contributed by atoms with E-state index in [-0.39, 0.29) is 12.0 Å². The SMILES string of the molecule is C=CC(C)N/C=C/C(=O)OC. The van der Waals surface area contributed by atoms with E-state index in [1.165, 1.54) is 19.4 Å². The van der Waals surface area contributed by atoms with Crippen molar-refractivity contribution in [1.29, 1.82) is 0 Å². The molecule has 0 bridgehead atoms. The number of nitrogens with one attached hydrogen (secondary N) is 1. The minimum Gasteiger partial charge on any atom is -0.466 e. The van der Waals surface area contributed by atoms with Crippen LogP contribution in [-0.4, -0.2) is 19.1 Å². The molecular weight excluding hydrogens is 142 g/mol. The summed E-state index contributed by atoms with van der Waals surface area (Å²) in [5.41, 5.74) is 0. The summed E-state index contributed by atoms with van der Waals surface area (Å²) < 4.78 is 4.37. The van der Waals surface area contributed by atoms with Crippen molar-refractivity contribution in [1.82, 2.24) is 5.32 Å². The van der Waals surface area contributed by atoms with Crippen LogP contribution in [0.25, 0.3) is 0 Å². The van der Waals surface area contributed by atoms with E-state index in [4.69, 9.17) is 0 Å². The molecular formula is C8H13NO2. The van der Waals surface area contributed by atoms with Crippen LogP contribution in [0.2, 0.25) is 0 Å². The second-order valence-electron chi connectivity index (χ2n) is 2.05. The lowest BCUT2D eigenvalue weighted by molar-refractivity contribution is -0.134. The standard InChI is InChI=1S/C8H13NO2/c1-4-7(2)9-6-5-8(10)11-3/h4-7,9H,1H2,2-3H3/b6-5+. The number of hydrogen-bond donors (Lipinski definition) is 1. The molecule has 0 aromatic rings. The predicted octanol–water partition coefficient (Wildman–Crippen LogP) is 0.837. The molecule has 1 atom stereocenters. The smallest absolute Gasteiger partial charge is 0.331 e. The zero-order valence-corrected chi connectivity index (χ0v) is 6.83. The van der Waals surface area contributed by atoms with Gasteiger partial charge in [0.15, 0.2) is 0 Å². The van der Waals surface area contributed by atoms with Gasteiger partial charge in [-0.05, 0) is 6.92 Å². The maximum Gasteiger partial charge on any atom is 0.331 e. The van der Waals surface area contributed by atoms with Gasteiger partial charge in [-0.2, -0.15) is 0 Å². The lowest BCUT2D eigenvalue weighted by atomic mass is 10.3. The molecule has 0 aliphatic heterocycles. The molecule has 3 nitrogen and oxygen atoms in total. The highest BCUT2D eigenvalue weighted by Gasteiger charge is 1.90. The monoisotopic (exact) mass is 155 g/mol. The van der Waals surface area contributed by atoms with E-state index in [0.29, 0.717) is 0 Å². The third-order valence-electron chi connectivity index (χ3n) is 1.13. The number of rotatable bonds is 4. The Kier molecular flexibility index (Phi) is 4.90. The van der Waals surface area contributed by atoms with Gasteiger partial charge in [0.2, 0.25) is 0 Å². The fourth-order valence-corrected chi connectivity index (χ4v) is 0.404. The van der Waals surface area contributed by atoms with E-state index in [2.05, 4.69) is 16.6 Å². The number of methoxy groups -OCH3 is 1. The molecule has 0 saturated carbocycles. The minimum atomic E-state index is -0.367. The van der Waals surface area contributed by atoms with Crippen LogP contribution in [0, 0.1) is 0 Å².